The van der Waals surface area contributed by atoms with Crippen molar-refractivity contribution in [1.29, 1.82) is 0 Å². The first-order chi connectivity index (χ1) is 6.74. The van der Waals surface area contributed by atoms with Gasteiger partial charge in [0, 0.05) is 0 Å². The van der Waals surface area contributed by atoms with Gasteiger partial charge in [0.1, 0.15) is 0 Å². The van der Waals surface area contributed by atoms with Crippen LogP contribution in [0.5, 0.6) is 0 Å². The Morgan fingerprint density at radius 2 is 1.60 bits per heavy atom. The van der Waals surface area contributed by atoms with Crippen LogP contribution in [0.15, 0.2) is 24.3 Å². The van der Waals surface area contributed by atoms with Crippen LogP contribution in [-0.4, -0.2) is 10.7 Å². The second-order valence-electron chi connectivity index (χ2n) is 5.55. The monoisotopic (exact) mass is 206 g/mol. The van der Waals surface area contributed by atoms with Crippen molar-refractivity contribution in [2.24, 2.45) is 5.41 Å². The molecule has 0 aliphatic carbocycles. The lowest BCUT2D eigenvalue weighted by Crippen LogP contribution is -2.40. The van der Waals surface area contributed by atoms with E-state index < -0.39 is 5.60 Å². The molecule has 0 aliphatic heterocycles. The third-order valence-electron chi connectivity index (χ3n) is 3.55. The molecule has 0 spiro atoms. The number of aliphatic hydroxyl groups is 1. The number of hydrogen-bond acceptors (Lipinski definition) is 1. The summed E-state index contributed by atoms with van der Waals surface area (Å²) in [5, 5.41) is 10.1. The quantitative estimate of drug-likeness (QED) is 0.804. The number of hydrogen-bond donors (Lipinski definition) is 1. The summed E-state index contributed by atoms with van der Waals surface area (Å²) in [5.41, 5.74) is 1.86. The predicted molar refractivity (Wildman–Crippen MR) is 65.0 cm³/mol. The van der Waals surface area contributed by atoms with Crippen LogP contribution < -0.4 is 0 Å². The summed E-state index contributed by atoms with van der Waals surface area (Å²) < 4.78 is 0. The first-order valence-corrected chi connectivity index (χ1v) is 5.51. The summed E-state index contributed by atoms with van der Waals surface area (Å²) >= 11 is 0. The molecule has 0 fully saturated rings. The minimum atomic E-state index is -0.657. The molecule has 1 rings (SSSR count). The Kier molecular flexibility index (Phi) is 3.25. The van der Waals surface area contributed by atoms with Gasteiger partial charge in [0.15, 0.2) is 0 Å². The van der Waals surface area contributed by atoms with E-state index in [1.54, 1.807) is 0 Å². The van der Waals surface area contributed by atoms with Gasteiger partial charge in [-0.05, 0) is 43.7 Å². The third kappa shape index (κ3) is 2.82. The van der Waals surface area contributed by atoms with E-state index in [1.165, 1.54) is 11.1 Å². The average Bonchev–Trinajstić information content (AvgIpc) is 2.06. The van der Waals surface area contributed by atoms with Crippen LogP contribution in [0.4, 0.5) is 0 Å². The van der Waals surface area contributed by atoms with E-state index in [4.69, 9.17) is 0 Å². The predicted octanol–water partition coefficient (Wildman–Crippen LogP) is 3.33. The summed E-state index contributed by atoms with van der Waals surface area (Å²) in [6, 6.07) is 8.37. The zero-order valence-electron chi connectivity index (χ0n) is 10.5. The van der Waals surface area contributed by atoms with E-state index in [9.17, 15) is 5.11 Å². The van der Waals surface area contributed by atoms with Gasteiger partial charge >= 0.3 is 0 Å². The highest BCUT2D eigenvalue weighted by atomic mass is 16.3. The zero-order valence-corrected chi connectivity index (χ0v) is 10.5. The molecule has 1 heteroatoms. The Balaban J connectivity index is 2.92. The van der Waals surface area contributed by atoms with Gasteiger partial charge in [-0.15, -0.1) is 0 Å². The van der Waals surface area contributed by atoms with E-state index in [2.05, 4.69) is 45.0 Å². The Morgan fingerprint density at radius 1 is 1.07 bits per heavy atom. The van der Waals surface area contributed by atoms with Crippen molar-refractivity contribution in [2.45, 2.75) is 46.6 Å². The normalized spacial score (nSPS) is 12.9. The van der Waals surface area contributed by atoms with Crippen molar-refractivity contribution in [1.82, 2.24) is 0 Å². The Labute approximate surface area is 93.1 Å². The highest BCUT2D eigenvalue weighted by Crippen LogP contribution is 2.34. The van der Waals surface area contributed by atoms with Crippen LogP contribution in [0.3, 0.4) is 0 Å². The highest BCUT2D eigenvalue weighted by Gasteiger charge is 2.35. The van der Waals surface area contributed by atoms with Gasteiger partial charge in [-0.1, -0.05) is 38.1 Å². The molecule has 0 unspecified atom stereocenters. The van der Waals surface area contributed by atoms with Crippen molar-refractivity contribution in [2.75, 3.05) is 0 Å². The molecule has 1 aromatic carbocycles. The lowest BCUT2D eigenvalue weighted by atomic mass is 9.72. The van der Waals surface area contributed by atoms with Gasteiger partial charge in [0.2, 0.25) is 0 Å². The second-order valence-corrected chi connectivity index (χ2v) is 5.55. The maximum atomic E-state index is 10.1. The van der Waals surface area contributed by atoms with Crippen molar-refractivity contribution in [3.05, 3.63) is 35.4 Å². The van der Waals surface area contributed by atoms with E-state index in [-0.39, 0.29) is 5.41 Å². The van der Waals surface area contributed by atoms with Gasteiger partial charge < -0.3 is 5.11 Å². The van der Waals surface area contributed by atoms with Crippen LogP contribution in [0.1, 0.15) is 38.8 Å². The highest BCUT2D eigenvalue weighted by molar-refractivity contribution is 5.27. The summed E-state index contributed by atoms with van der Waals surface area (Å²) in [4.78, 5) is 0. The van der Waals surface area contributed by atoms with Crippen LogP contribution in [0.2, 0.25) is 0 Å². The summed E-state index contributed by atoms with van der Waals surface area (Å²) in [5.74, 6) is 0. The van der Waals surface area contributed by atoms with Crippen molar-refractivity contribution < 1.29 is 5.11 Å². The van der Waals surface area contributed by atoms with Gasteiger partial charge in [-0.25, -0.2) is 0 Å². The first-order valence-electron chi connectivity index (χ1n) is 5.51. The Hall–Kier alpha value is -0.820. The minimum absolute atomic E-state index is 0.112. The fraction of sp³-hybridized carbons (Fsp3) is 0.571. The molecule has 0 saturated heterocycles. The van der Waals surface area contributed by atoms with Crippen LogP contribution in [0, 0.1) is 12.3 Å². The van der Waals surface area contributed by atoms with Gasteiger partial charge in [0.05, 0.1) is 5.60 Å². The molecule has 0 aliphatic rings. The second kappa shape index (κ2) is 3.97. The van der Waals surface area contributed by atoms with Gasteiger partial charge in [-0.3, -0.25) is 0 Å². The van der Waals surface area contributed by atoms with E-state index >= 15 is 0 Å². The number of benzene rings is 1. The maximum absolute atomic E-state index is 10.1. The van der Waals surface area contributed by atoms with Crippen molar-refractivity contribution >= 4 is 0 Å². The molecular formula is C14H22O. The number of rotatable bonds is 3. The molecule has 1 nitrogen and oxygen atoms in total. The topological polar surface area (TPSA) is 20.2 Å². The molecule has 0 amide bonds. The Morgan fingerprint density at radius 3 is 2.07 bits per heavy atom. The van der Waals surface area contributed by atoms with Crippen LogP contribution >= 0.6 is 0 Å². The molecule has 84 valence electrons. The molecule has 0 saturated carbocycles. The number of aryl methyl sites for hydroxylation is 1. The smallest absolute Gasteiger partial charge is 0.0645 e. The zero-order chi connectivity index (χ0) is 11.7. The summed E-state index contributed by atoms with van der Waals surface area (Å²) in [6.07, 6.45) is 0.906. The Bertz CT molecular complexity index is 331. The SMILES string of the molecule is Cc1ccccc1CC(C)(C)C(C)(C)O. The van der Waals surface area contributed by atoms with Crippen molar-refractivity contribution in [3.63, 3.8) is 0 Å². The molecule has 1 aromatic rings. The van der Waals surface area contributed by atoms with E-state index in [1.807, 2.05) is 13.8 Å². The molecule has 0 radical (unpaired) electrons. The van der Waals surface area contributed by atoms with Crippen LogP contribution in [0.25, 0.3) is 0 Å². The molecule has 1 N–H and O–H groups in total. The standard InChI is InChI=1S/C14H22O/c1-11-8-6-7-9-12(11)10-13(2,3)14(4,5)15/h6-9,15H,10H2,1-5H3. The fourth-order valence-electron chi connectivity index (χ4n) is 1.50. The van der Waals surface area contributed by atoms with Gasteiger partial charge in [-0.2, -0.15) is 0 Å². The fourth-order valence-corrected chi connectivity index (χ4v) is 1.50. The summed E-state index contributed by atoms with van der Waals surface area (Å²) in [6.45, 7) is 10.1. The largest absolute Gasteiger partial charge is 0.390 e. The molecule has 0 bridgehead atoms. The minimum Gasteiger partial charge on any atom is -0.390 e. The molecular weight excluding hydrogens is 184 g/mol. The first kappa shape index (κ1) is 12.3. The maximum Gasteiger partial charge on any atom is 0.0645 e. The lowest BCUT2D eigenvalue weighted by molar-refractivity contribution is -0.0345. The molecule has 0 atom stereocenters. The van der Waals surface area contributed by atoms with E-state index in [0.717, 1.165) is 6.42 Å². The summed E-state index contributed by atoms with van der Waals surface area (Å²) in [7, 11) is 0. The van der Waals surface area contributed by atoms with Gasteiger partial charge in [0.25, 0.3) is 0 Å². The van der Waals surface area contributed by atoms with Crippen molar-refractivity contribution in [3.8, 4) is 0 Å². The van der Waals surface area contributed by atoms with E-state index in [0.29, 0.717) is 0 Å². The lowest BCUT2D eigenvalue weighted by Gasteiger charge is -2.37. The van der Waals surface area contributed by atoms with Crippen LogP contribution in [-0.2, 0) is 6.42 Å². The average molecular weight is 206 g/mol. The molecule has 0 aromatic heterocycles. The third-order valence-corrected chi connectivity index (χ3v) is 3.55. The molecule has 15 heavy (non-hydrogen) atoms. The molecule has 0 heterocycles.